The molecule has 0 aliphatic rings. The van der Waals surface area contributed by atoms with Crippen molar-refractivity contribution in [2.75, 3.05) is 5.32 Å². The summed E-state index contributed by atoms with van der Waals surface area (Å²) in [6, 6.07) is 5.81. The highest BCUT2D eigenvalue weighted by Gasteiger charge is 2.03. The second-order valence-corrected chi connectivity index (χ2v) is 4.59. The minimum atomic E-state index is 0.739. The summed E-state index contributed by atoms with van der Waals surface area (Å²) in [5.41, 5.74) is 3.33. The molecule has 0 aliphatic heterocycles. The largest absolute Gasteiger partial charge is 0.380 e. The van der Waals surface area contributed by atoms with Crippen molar-refractivity contribution in [2.45, 2.75) is 13.5 Å². The van der Waals surface area contributed by atoms with Crippen molar-refractivity contribution in [3.63, 3.8) is 0 Å². The molecule has 0 atom stereocenters. The Morgan fingerprint density at radius 2 is 2.10 bits per heavy atom. The fraction of sp³-hybridized carbons (Fsp3) is 0.214. The predicted molar refractivity (Wildman–Crippen MR) is 76.6 cm³/mol. The minimum Gasteiger partial charge on any atom is -0.380 e. The van der Waals surface area contributed by atoms with Crippen LogP contribution < -0.4 is 5.32 Å². The highest BCUT2D eigenvalue weighted by Crippen LogP contribution is 2.12. The zero-order valence-corrected chi connectivity index (χ0v) is 11.5. The highest BCUT2D eigenvalue weighted by atomic mass is 15.3. The van der Waals surface area contributed by atoms with Gasteiger partial charge in [-0.15, -0.1) is 0 Å². The molecule has 0 radical (unpaired) electrons. The van der Waals surface area contributed by atoms with Gasteiger partial charge in [0.1, 0.15) is 0 Å². The lowest BCUT2D eigenvalue weighted by atomic mass is 10.2. The number of rotatable bonds is 4. The van der Waals surface area contributed by atoms with Gasteiger partial charge in [0.15, 0.2) is 5.82 Å². The molecule has 20 heavy (non-hydrogen) atoms. The van der Waals surface area contributed by atoms with Crippen LogP contribution in [0.5, 0.6) is 0 Å². The first kappa shape index (κ1) is 12.4. The van der Waals surface area contributed by atoms with E-state index < -0.39 is 0 Å². The molecule has 0 aromatic carbocycles. The molecule has 0 saturated heterocycles. The second-order valence-electron chi connectivity index (χ2n) is 4.59. The van der Waals surface area contributed by atoms with Gasteiger partial charge in [-0.1, -0.05) is 0 Å². The van der Waals surface area contributed by atoms with Gasteiger partial charge in [0.25, 0.3) is 0 Å². The lowest BCUT2D eigenvalue weighted by Gasteiger charge is -2.07. The van der Waals surface area contributed by atoms with Crippen LogP contribution >= 0.6 is 0 Å². The molecular weight excluding hydrogens is 252 g/mol. The molecule has 6 nitrogen and oxygen atoms in total. The van der Waals surface area contributed by atoms with Gasteiger partial charge in [-0.05, 0) is 25.1 Å². The summed E-state index contributed by atoms with van der Waals surface area (Å²) in [6.45, 7) is 2.80. The normalized spacial score (nSPS) is 10.7. The molecule has 1 N–H and O–H groups in total. The second kappa shape index (κ2) is 5.16. The average Bonchev–Trinajstić information content (AvgIpc) is 3.10. The van der Waals surface area contributed by atoms with E-state index >= 15 is 0 Å². The monoisotopic (exact) mass is 268 g/mol. The standard InChI is InChI=1S/C14H16N6/c1-11-12(9-18-19(11)2)8-15-13-4-5-14(16-10-13)20-7-3-6-17-20/h3-7,9-10,15H,8H2,1-2H3. The topological polar surface area (TPSA) is 60.6 Å². The van der Waals surface area contributed by atoms with Gasteiger partial charge in [-0.3, -0.25) is 4.68 Å². The molecule has 3 aromatic rings. The van der Waals surface area contributed by atoms with E-state index in [1.165, 1.54) is 11.3 Å². The molecule has 3 aromatic heterocycles. The zero-order chi connectivity index (χ0) is 13.9. The smallest absolute Gasteiger partial charge is 0.153 e. The average molecular weight is 268 g/mol. The van der Waals surface area contributed by atoms with Crippen LogP contribution in [0, 0.1) is 6.92 Å². The lowest BCUT2D eigenvalue weighted by Crippen LogP contribution is -2.03. The van der Waals surface area contributed by atoms with E-state index in [2.05, 4.69) is 27.4 Å². The van der Waals surface area contributed by atoms with Gasteiger partial charge in [-0.25, -0.2) is 9.67 Å². The Hall–Kier alpha value is -2.63. The van der Waals surface area contributed by atoms with E-state index in [0.717, 1.165) is 18.1 Å². The van der Waals surface area contributed by atoms with E-state index in [-0.39, 0.29) is 0 Å². The summed E-state index contributed by atoms with van der Waals surface area (Å²) in [5, 5.41) is 11.7. The van der Waals surface area contributed by atoms with Crippen molar-refractivity contribution in [3.05, 3.63) is 54.2 Å². The van der Waals surface area contributed by atoms with E-state index in [1.807, 2.05) is 48.5 Å². The van der Waals surface area contributed by atoms with Crippen LogP contribution in [0.3, 0.4) is 0 Å². The Labute approximate surface area is 117 Å². The SMILES string of the molecule is Cc1c(CNc2ccc(-n3cccn3)nc2)cnn1C. The zero-order valence-electron chi connectivity index (χ0n) is 11.5. The molecule has 3 rings (SSSR count). The number of aryl methyl sites for hydroxylation is 1. The van der Waals surface area contributed by atoms with E-state index in [1.54, 1.807) is 10.9 Å². The number of nitrogens with zero attached hydrogens (tertiary/aromatic N) is 5. The minimum absolute atomic E-state index is 0.739. The number of hydrogen-bond acceptors (Lipinski definition) is 4. The van der Waals surface area contributed by atoms with E-state index in [9.17, 15) is 0 Å². The quantitative estimate of drug-likeness (QED) is 0.785. The first-order valence-electron chi connectivity index (χ1n) is 6.41. The molecule has 0 amide bonds. The molecule has 0 spiro atoms. The van der Waals surface area contributed by atoms with E-state index in [4.69, 9.17) is 0 Å². The lowest BCUT2D eigenvalue weighted by molar-refractivity contribution is 0.738. The fourth-order valence-corrected chi connectivity index (χ4v) is 1.95. The van der Waals surface area contributed by atoms with Crippen molar-refractivity contribution >= 4 is 5.69 Å². The molecule has 0 aliphatic carbocycles. The summed E-state index contributed by atoms with van der Waals surface area (Å²) in [6.07, 6.45) is 7.30. The number of anilines is 1. The van der Waals surface area contributed by atoms with Crippen molar-refractivity contribution < 1.29 is 0 Å². The molecular formula is C14H16N6. The Kier molecular flexibility index (Phi) is 3.20. The number of hydrogen-bond donors (Lipinski definition) is 1. The van der Waals surface area contributed by atoms with Crippen LogP contribution in [0.4, 0.5) is 5.69 Å². The Morgan fingerprint density at radius 3 is 2.70 bits per heavy atom. The fourth-order valence-electron chi connectivity index (χ4n) is 1.95. The van der Waals surface area contributed by atoms with Gasteiger partial charge in [0.2, 0.25) is 0 Å². The van der Waals surface area contributed by atoms with Gasteiger partial charge in [0.05, 0.1) is 18.1 Å². The van der Waals surface area contributed by atoms with Crippen molar-refractivity contribution in [2.24, 2.45) is 7.05 Å². The number of pyridine rings is 1. The number of nitrogens with one attached hydrogen (secondary N) is 1. The van der Waals surface area contributed by atoms with Crippen molar-refractivity contribution in [1.29, 1.82) is 0 Å². The molecule has 3 heterocycles. The van der Waals surface area contributed by atoms with Gasteiger partial charge in [0, 0.05) is 37.2 Å². The van der Waals surface area contributed by atoms with Crippen molar-refractivity contribution in [3.8, 4) is 5.82 Å². The van der Waals surface area contributed by atoms with Crippen LogP contribution in [0.1, 0.15) is 11.3 Å². The van der Waals surface area contributed by atoms with Crippen LogP contribution in [0.2, 0.25) is 0 Å². The Morgan fingerprint density at radius 1 is 1.20 bits per heavy atom. The molecule has 6 heteroatoms. The first-order valence-corrected chi connectivity index (χ1v) is 6.41. The molecule has 0 unspecified atom stereocenters. The highest BCUT2D eigenvalue weighted by molar-refractivity contribution is 5.44. The van der Waals surface area contributed by atoms with Crippen molar-refractivity contribution in [1.82, 2.24) is 24.5 Å². The maximum absolute atomic E-state index is 4.38. The van der Waals surface area contributed by atoms with Crippen LogP contribution in [0.15, 0.2) is 43.0 Å². The molecule has 102 valence electrons. The van der Waals surface area contributed by atoms with Crippen LogP contribution in [-0.4, -0.2) is 24.5 Å². The Bertz CT molecular complexity index is 681. The summed E-state index contributed by atoms with van der Waals surface area (Å²) < 4.78 is 3.60. The predicted octanol–water partition coefficient (Wildman–Crippen LogP) is 1.92. The third-order valence-corrected chi connectivity index (χ3v) is 3.31. The van der Waals surface area contributed by atoms with E-state index in [0.29, 0.717) is 0 Å². The summed E-state index contributed by atoms with van der Waals surface area (Å²) in [5.74, 6) is 0.804. The molecule has 0 bridgehead atoms. The van der Waals surface area contributed by atoms with Gasteiger partial charge >= 0.3 is 0 Å². The number of aromatic nitrogens is 5. The molecule has 0 fully saturated rings. The maximum Gasteiger partial charge on any atom is 0.153 e. The molecule has 0 saturated carbocycles. The Balaban J connectivity index is 1.68. The van der Waals surface area contributed by atoms with Crippen LogP contribution in [0.25, 0.3) is 5.82 Å². The van der Waals surface area contributed by atoms with Gasteiger partial charge < -0.3 is 5.32 Å². The summed E-state index contributed by atoms with van der Waals surface area (Å²) >= 11 is 0. The van der Waals surface area contributed by atoms with Crippen LogP contribution in [-0.2, 0) is 13.6 Å². The summed E-state index contributed by atoms with van der Waals surface area (Å²) in [7, 11) is 1.94. The van der Waals surface area contributed by atoms with Gasteiger partial charge in [-0.2, -0.15) is 10.2 Å². The third-order valence-electron chi connectivity index (χ3n) is 3.31. The summed E-state index contributed by atoms with van der Waals surface area (Å²) in [4.78, 5) is 4.38. The first-order chi connectivity index (χ1) is 9.74. The third kappa shape index (κ3) is 2.40. The maximum atomic E-state index is 4.38.